The minimum absolute atomic E-state index is 0.163. The van der Waals surface area contributed by atoms with E-state index in [1.165, 1.54) is 4.68 Å². The van der Waals surface area contributed by atoms with Gasteiger partial charge in [0.15, 0.2) is 17.1 Å². The number of amides is 1. The molecule has 2 heterocycles. The van der Waals surface area contributed by atoms with Crippen LogP contribution in [0.3, 0.4) is 0 Å². The van der Waals surface area contributed by atoms with Crippen molar-refractivity contribution in [3.63, 3.8) is 0 Å². The Morgan fingerprint density at radius 1 is 1.09 bits per heavy atom. The molecule has 0 bridgehead atoms. The van der Waals surface area contributed by atoms with Crippen LogP contribution in [0.15, 0.2) is 47.6 Å². The van der Waals surface area contributed by atoms with Crippen molar-refractivity contribution in [3.05, 3.63) is 53.6 Å². The summed E-state index contributed by atoms with van der Waals surface area (Å²) in [6, 6.07) is 12.9. The number of methoxy groups -OCH3 is 2. The number of nitrogens with two attached hydrogens (primary N) is 1. The van der Waals surface area contributed by atoms with Crippen molar-refractivity contribution in [2.45, 2.75) is 26.2 Å². The third-order valence-corrected chi connectivity index (χ3v) is 5.51. The average Bonchev–Trinajstić information content (AvgIpc) is 3.13. The van der Waals surface area contributed by atoms with Gasteiger partial charge < -0.3 is 20.5 Å². The molecule has 0 fully saturated rings. The Kier molecular flexibility index (Phi) is 6.91. The lowest BCUT2D eigenvalue weighted by atomic mass is 10.2. The van der Waals surface area contributed by atoms with Crippen LogP contribution in [0.5, 0.6) is 11.5 Å². The molecule has 0 saturated heterocycles. The number of para-hydroxylation sites is 3. The van der Waals surface area contributed by atoms with Gasteiger partial charge in [0.25, 0.3) is 5.91 Å². The number of hydrogen-bond acceptors (Lipinski definition) is 7. The molecule has 0 aliphatic rings. The zero-order valence-corrected chi connectivity index (χ0v) is 19.5. The second-order valence-electron chi connectivity index (χ2n) is 7.75. The highest BCUT2D eigenvalue weighted by molar-refractivity contribution is 6.10. The summed E-state index contributed by atoms with van der Waals surface area (Å²) < 4.78 is 12.3. The second kappa shape index (κ2) is 10.2. The topological polar surface area (TPSA) is 117 Å². The Morgan fingerprint density at radius 3 is 2.56 bits per heavy atom. The third-order valence-electron chi connectivity index (χ3n) is 5.51. The predicted molar refractivity (Wildman–Crippen MR) is 134 cm³/mol. The van der Waals surface area contributed by atoms with Crippen LogP contribution in [0.25, 0.3) is 22.2 Å². The fraction of sp³-hybridized carbons (Fsp3) is 0.280. The number of hydrogen-bond donors (Lipinski definition) is 2. The van der Waals surface area contributed by atoms with Crippen molar-refractivity contribution in [2.75, 3.05) is 26.5 Å². The summed E-state index contributed by atoms with van der Waals surface area (Å²) in [5.41, 5.74) is 9.55. The SMILES string of the molecule is CCCCCNC(=O)c1c(N)n(/N=C/c2cccc(OC)c2OC)c2nc3ccccc3nc12. The van der Waals surface area contributed by atoms with E-state index in [0.717, 1.165) is 19.3 Å². The maximum absolute atomic E-state index is 13.1. The van der Waals surface area contributed by atoms with Gasteiger partial charge >= 0.3 is 0 Å². The molecular weight excluding hydrogens is 432 g/mol. The van der Waals surface area contributed by atoms with Gasteiger partial charge in [-0.25, -0.2) is 9.97 Å². The molecule has 0 atom stereocenters. The number of ether oxygens (including phenoxy) is 2. The molecule has 9 heteroatoms. The summed E-state index contributed by atoms with van der Waals surface area (Å²) in [7, 11) is 3.13. The van der Waals surface area contributed by atoms with Crippen LogP contribution in [0.1, 0.15) is 42.1 Å². The van der Waals surface area contributed by atoms with Crippen LogP contribution in [-0.2, 0) is 0 Å². The maximum atomic E-state index is 13.1. The van der Waals surface area contributed by atoms with E-state index >= 15 is 0 Å². The van der Waals surface area contributed by atoms with Gasteiger partial charge in [-0.15, -0.1) is 0 Å². The number of nitrogens with zero attached hydrogens (tertiary/aromatic N) is 4. The van der Waals surface area contributed by atoms with Gasteiger partial charge in [-0.05, 0) is 30.7 Å². The molecule has 0 unspecified atom stereocenters. The van der Waals surface area contributed by atoms with Crippen LogP contribution in [-0.4, -0.2) is 47.5 Å². The summed E-state index contributed by atoms with van der Waals surface area (Å²) in [5.74, 6) is 0.983. The van der Waals surface area contributed by atoms with Crippen LogP contribution >= 0.6 is 0 Å². The Labute approximate surface area is 197 Å². The molecule has 1 amide bonds. The number of nitrogens with one attached hydrogen (secondary N) is 1. The molecule has 9 nitrogen and oxygen atoms in total. The predicted octanol–water partition coefficient (Wildman–Crippen LogP) is 3.99. The van der Waals surface area contributed by atoms with Crippen LogP contribution in [0.4, 0.5) is 5.82 Å². The van der Waals surface area contributed by atoms with Crippen molar-refractivity contribution >= 4 is 40.1 Å². The molecule has 0 saturated carbocycles. The largest absolute Gasteiger partial charge is 0.493 e. The van der Waals surface area contributed by atoms with E-state index in [4.69, 9.17) is 25.2 Å². The van der Waals surface area contributed by atoms with E-state index in [1.54, 1.807) is 26.5 Å². The monoisotopic (exact) mass is 460 g/mol. The van der Waals surface area contributed by atoms with Crippen molar-refractivity contribution < 1.29 is 14.3 Å². The quantitative estimate of drug-likeness (QED) is 0.288. The van der Waals surface area contributed by atoms with E-state index in [0.29, 0.717) is 45.8 Å². The van der Waals surface area contributed by atoms with E-state index in [9.17, 15) is 4.79 Å². The first kappa shape index (κ1) is 23.0. The van der Waals surface area contributed by atoms with Gasteiger partial charge in [0.1, 0.15) is 16.9 Å². The molecular formula is C25H28N6O3. The first-order valence-electron chi connectivity index (χ1n) is 11.2. The molecule has 4 aromatic rings. The van der Waals surface area contributed by atoms with Gasteiger partial charge in [-0.2, -0.15) is 9.78 Å². The van der Waals surface area contributed by atoms with Crippen molar-refractivity contribution in [2.24, 2.45) is 5.10 Å². The minimum Gasteiger partial charge on any atom is -0.493 e. The number of unbranched alkanes of at least 4 members (excludes halogenated alkanes) is 2. The molecule has 34 heavy (non-hydrogen) atoms. The number of nitrogen functional groups attached to an aromatic ring is 1. The fourth-order valence-corrected chi connectivity index (χ4v) is 3.79. The molecule has 0 radical (unpaired) electrons. The normalized spacial score (nSPS) is 11.4. The zero-order valence-electron chi connectivity index (χ0n) is 19.5. The lowest BCUT2D eigenvalue weighted by Gasteiger charge is -2.09. The Hall–Kier alpha value is -4.14. The Balaban J connectivity index is 1.83. The molecule has 2 aromatic heterocycles. The van der Waals surface area contributed by atoms with Gasteiger partial charge in [-0.1, -0.05) is 38.0 Å². The number of anilines is 1. The number of rotatable bonds is 9. The average molecular weight is 461 g/mol. The zero-order chi connectivity index (χ0) is 24.1. The van der Waals surface area contributed by atoms with Gasteiger partial charge in [0, 0.05) is 12.1 Å². The molecule has 3 N–H and O–H groups in total. The minimum atomic E-state index is -0.295. The summed E-state index contributed by atoms with van der Waals surface area (Å²) >= 11 is 0. The van der Waals surface area contributed by atoms with Crippen LogP contribution < -0.4 is 20.5 Å². The Bertz CT molecular complexity index is 1360. The van der Waals surface area contributed by atoms with Crippen molar-refractivity contribution in [3.8, 4) is 11.5 Å². The summed E-state index contributed by atoms with van der Waals surface area (Å²) in [4.78, 5) is 22.5. The lowest BCUT2D eigenvalue weighted by Crippen LogP contribution is -2.25. The highest BCUT2D eigenvalue weighted by atomic mass is 16.5. The molecule has 4 rings (SSSR count). The second-order valence-corrected chi connectivity index (χ2v) is 7.75. The molecule has 0 aliphatic carbocycles. The number of carbonyl (C=O) groups excluding carboxylic acids is 1. The van der Waals surface area contributed by atoms with E-state index in [2.05, 4.69) is 17.3 Å². The summed E-state index contributed by atoms with van der Waals surface area (Å²) in [6.45, 7) is 2.67. The summed E-state index contributed by atoms with van der Waals surface area (Å²) in [5, 5.41) is 7.50. The highest BCUT2D eigenvalue weighted by Gasteiger charge is 2.24. The standard InChI is InChI=1S/C25H28N6O3/c1-4-5-8-14-27-25(32)20-21-24(30-18-12-7-6-11-17(18)29-21)31(23(20)26)28-15-16-10-9-13-19(33-2)22(16)34-3/h6-7,9-13,15H,4-5,8,14,26H2,1-3H3,(H,27,32)/b28-15+. The Morgan fingerprint density at radius 2 is 1.85 bits per heavy atom. The number of carbonyl (C=O) groups is 1. The van der Waals surface area contributed by atoms with Gasteiger partial charge in [-0.3, -0.25) is 4.79 Å². The highest BCUT2D eigenvalue weighted by Crippen LogP contribution is 2.31. The van der Waals surface area contributed by atoms with Crippen molar-refractivity contribution in [1.82, 2.24) is 20.0 Å². The number of benzene rings is 2. The van der Waals surface area contributed by atoms with E-state index in [1.807, 2.05) is 36.4 Å². The first-order chi connectivity index (χ1) is 16.6. The molecule has 0 aliphatic heterocycles. The maximum Gasteiger partial charge on any atom is 0.257 e. The number of aromatic nitrogens is 3. The molecule has 2 aromatic carbocycles. The van der Waals surface area contributed by atoms with Crippen molar-refractivity contribution in [1.29, 1.82) is 0 Å². The number of fused-ring (bicyclic) bond motifs is 2. The van der Waals surface area contributed by atoms with E-state index < -0.39 is 0 Å². The van der Waals surface area contributed by atoms with Crippen LogP contribution in [0.2, 0.25) is 0 Å². The van der Waals surface area contributed by atoms with Gasteiger partial charge in [0.2, 0.25) is 0 Å². The van der Waals surface area contributed by atoms with Crippen LogP contribution in [0, 0.1) is 0 Å². The fourth-order valence-electron chi connectivity index (χ4n) is 3.79. The molecule has 0 spiro atoms. The summed E-state index contributed by atoms with van der Waals surface area (Å²) in [6.07, 6.45) is 4.59. The van der Waals surface area contributed by atoms with Gasteiger partial charge in [0.05, 0.1) is 31.5 Å². The smallest absolute Gasteiger partial charge is 0.257 e. The third kappa shape index (κ3) is 4.36. The van der Waals surface area contributed by atoms with E-state index in [-0.39, 0.29) is 17.3 Å². The molecule has 176 valence electrons. The first-order valence-corrected chi connectivity index (χ1v) is 11.2. The lowest BCUT2D eigenvalue weighted by molar-refractivity contribution is 0.0955.